The van der Waals surface area contributed by atoms with E-state index in [9.17, 15) is 4.79 Å². The first kappa shape index (κ1) is 24.2. The van der Waals surface area contributed by atoms with Crippen molar-refractivity contribution in [3.8, 4) is 22.8 Å². The molecule has 0 aliphatic heterocycles. The van der Waals surface area contributed by atoms with Crippen molar-refractivity contribution in [3.05, 3.63) is 101 Å². The minimum atomic E-state index is -0.227. The van der Waals surface area contributed by atoms with Gasteiger partial charge in [-0.25, -0.2) is 4.98 Å². The summed E-state index contributed by atoms with van der Waals surface area (Å²) in [5.41, 5.74) is 3.83. The van der Waals surface area contributed by atoms with Gasteiger partial charge in [0.15, 0.2) is 5.13 Å². The van der Waals surface area contributed by atoms with Crippen molar-refractivity contribution in [2.75, 3.05) is 11.9 Å². The van der Waals surface area contributed by atoms with Crippen LogP contribution in [0.5, 0.6) is 11.5 Å². The van der Waals surface area contributed by atoms with Crippen LogP contribution in [0.25, 0.3) is 17.3 Å². The second-order valence-corrected chi connectivity index (χ2v) is 8.79. The van der Waals surface area contributed by atoms with Gasteiger partial charge < -0.3 is 9.47 Å². The van der Waals surface area contributed by atoms with Gasteiger partial charge in [0.25, 0.3) is 0 Å². The first-order chi connectivity index (χ1) is 17.2. The van der Waals surface area contributed by atoms with Gasteiger partial charge in [-0.1, -0.05) is 55.8 Å². The molecule has 178 valence electrons. The Labute approximate surface area is 210 Å². The Hall–Kier alpha value is -3.90. The average Bonchev–Trinajstić information content (AvgIpc) is 3.36. The minimum Gasteiger partial charge on any atom is -0.494 e. The number of hydrogen-bond donors (Lipinski definition) is 1. The van der Waals surface area contributed by atoms with Crippen LogP contribution >= 0.6 is 11.3 Å². The lowest BCUT2D eigenvalue weighted by Gasteiger charge is -2.06. The normalized spacial score (nSPS) is 10.9. The van der Waals surface area contributed by atoms with Crippen molar-refractivity contribution in [1.82, 2.24) is 4.98 Å². The Morgan fingerprint density at radius 1 is 0.943 bits per heavy atom. The average molecular weight is 485 g/mol. The summed E-state index contributed by atoms with van der Waals surface area (Å²) in [5.74, 6) is 1.41. The van der Waals surface area contributed by atoms with Crippen molar-refractivity contribution in [1.29, 1.82) is 0 Å². The lowest BCUT2D eigenvalue weighted by atomic mass is 10.2. The molecule has 1 aromatic heterocycles. The van der Waals surface area contributed by atoms with Gasteiger partial charge in [-0.3, -0.25) is 10.1 Å². The second-order valence-electron chi connectivity index (χ2n) is 7.93. The SMILES string of the molecule is CCCCOc1ccc(-c2csc(NC(=O)C=Cc3ccc(OCc4ccccc4)cc3)n2)cc1. The van der Waals surface area contributed by atoms with E-state index in [0.29, 0.717) is 11.7 Å². The van der Waals surface area contributed by atoms with Crippen LogP contribution in [-0.2, 0) is 11.4 Å². The van der Waals surface area contributed by atoms with E-state index < -0.39 is 0 Å². The molecule has 1 heterocycles. The van der Waals surface area contributed by atoms with Crippen LogP contribution in [-0.4, -0.2) is 17.5 Å². The highest BCUT2D eigenvalue weighted by Gasteiger charge is 2.07. The Kier molecular flexibility index (Phi) is 8.68. The van der Waals surface area contributed by atoms with Gasteiger partial charge in [-0.2, -0.15) is 0 Å². The molecule has 0 atom stereocenters. The van der Waals surface area contributed by atoms with Crippen LogP contribution in [0, 0.1) is 0 Å². The third kappa shape index (κ3) is 7.55. The lowest BCUT2D eigenvalue weighted by Crippen LogP contribution is -2.07. The Morgan fingerprint density at radius 2 is 1.66 bits per heavy atom. The van der Waals surface area contributed by atoms with Crippen LogP contribution in [0.3, 0.4) is 0 Å². The number of thiazole rings is 1. The molecule has 1 amide bonds. The number of nitrogens with one attached hydrogen (secondary N) is 1. The lowest BCUT2D eigenvalue weighted by molar-refractivity contribution is -0.111. The number of ether oxygens (including phenoxy) is 2. The summed E-state index contributed by atoms with van der Waals surface area (Å²) in [5, 5.41) is 5.32. The zero-order valence-electron chi connectivity index (χ0n) is 19.6. The van der Waals surface area contributed by atoms with Crippen LogP contribution in [0.4, 0.5) is 5.13 Å². The molecule has 0 bridgehead atoms. The maximum Gasteiger partial charge on any atom is 0.250 e. The molecule has 35 heavy (non-hydrogen) atoms. The first-order valence-electron chi connectivity index (χ1n) is 11.6. The van der Waals surface area contributed by atoms with Crippen LogP contribution < -0.4 is 14.8 Å². The Balaban J connectivity index is 1.26. The van der Waals surface area contributed by atoms with Crippen LogP contribution in [0.15, 0.2) is 90.3 Å². The topological polar surface area (TPSA) is 60.5 Å². The summed E-state index contributed by atoms with van der Waals surface area (Å²) in [6, 6.07) is 25.5. The van der Waals surface area contributed by atoms with Gasteiger partial charge >= 0.3 is 0 Å². The molecule has 0 aliphatic carbocycles. The number of aromatic nitrogens is 1. The van der Waals surface area contributed by atoms with Crippen molar-refractivity contribution >= 4 is 28.5 Å². The number of amides is 1. The minimum absolute atomic E-state index is 0.227. The zero-order valence-corrected chi connectivity index (χ0v) is 20.5. The van der Waals surface area contributed by atoms with Crippen molar-refractivity contribution in [2.45, 2.75) is 26.4 Å². The molecule has 1 N–H and O–H groups in total. The highest BCUT2D eigenvalue weighted by atomic mass is 32.1. The quantitative estimate of drug-likeness (QED) is 0.180. The van der Waals surface area contributed by atoms with Gasteiger partial charge in [0, 0.05) is 17.0 Å². The fraction of sp³-hybridized carbons (Fsp3) is 0.172. The van der Waals surface area contributed by atoms with E-state index in [1.807, 2.05) is 84.2 Å². The molecule has 0 saturated carbocycles. The molecule has 0 unspecified atom stereocenters. The van der Waals surface area contributed by atoms with E-state index in [1.165, 1.54) is 17.4 Å². The Morgan fingerprint density at radius 3 is 2.40 bits per heavy atom. The van der Waals surface area contributed by atoms with E-state index in [0.717, 1.165) is 53.3 Å². The maximum atomic E-state index is 12.4. The molecular formula is C29H28N2O3S. The molecule has 0 fully saturated rings. The van der Waals surface area contributed by atoms with Gasteiger partial charge in [0.1, 0.15) is 18.1 Å². The maximum absolute atomic E-state index is 12.4. The monoisotopic (exact) mass is 484 g/mol. The fourth-order valence-corrected chi connectivity index (χ4v) is 3.98. The fourth-order valence-electron chi connectivity index (χ4n) is 3.26. The molecule has 0 saturated heterocycles. The summed E-state index contributed by atoms with van der Waals surface area (Å²) in [7, 11) is 0. The molecular weight excluding hydrogens is 456 g/mol. The van der Waals surface area contributed by atoms with Crippen LogP contribution in [0.2, 0.25) is 0 Å². The predicted molar refractivity (Wildman–Crippen MR) is 143 cm³/mol. The molecule has 6 heteroatoms. The van der Waals surface area contributed by atoms with Crippen LogP contribution in [0.1, 0.15) is 30.9 Å². The van der Waals surface area contributed by atoms with Gasteiger partial charge in [0.2, 0.25) is 5.91 Å². The largest absolute Gasteiger partial charge is 0.494 e. The number of nitrogens with zero attached hydrogens (tertiary/aromatic N) is 1. The summed E-state index contributed by atoms with van der Waals surface area (Å²) < 4.78 is 11.5. The third-order valence-electron chi connectivity index (χ3n) is 5.21. The second kappa shape index (κ2) is 12.5. The zero-order chi connectivity index (χ0) is 24.3. The summed E-state index contributed by atoms with van der Waals surface area (Å²) in [6.45, 7) is 3.38. The van der Waals surface area contributed by atoms with E-state index in [4.69, 9.17) is 9.47 Å². The predicted octanol–water partition coefficient (Wildman–Crippen LogP) is 7.22. The molecule has 3 aromatic carbocycles. The van der Waals surface area contributed by atoms with E-state index >= 15 is 0 Å². The smallest absolute Gasteiger partial charge is 0.250 e. The van der Waals surface area contributed by atoms with E-state index in [-0.39, 0.29) is 5.91 Å². The number of rotatable bonds is 11. The summed E-state index contributed by atoms with van der Waals surface area (Å²) >= 11 is 1.40. The summed E-state index contributed by atoms with van der Waals surface area (Å²) in [6.07, 6.45) is 5.42. The highest BCUT2D eigenvalue weighted by Crippen LogP contribution is 2.26. The molecule has 0 radical (unpaired) electrons. The number of unbranched alkanes of at least 4 members (excludes halogenated alkanes) is 1. The first-order valence-corrected chi connectivity index (χ1v) is 12.5. The van der Waals surface area contributed by atoms with Gasteiger partial charge in [-0.15, -0.1) is 11.3 Å². The number of carbonyl (C=O) groups is 1. The molecule has 4 rings (SSSR count). The number of benzene rings is 3. The number of hydrogen-bond acceptors (Lipinski definition) is 5. The summed E-state index contributed by atoms with van der Waals surface area (Å²) in [4.78, 5) is 16.9. The highest BCUT2D eigenvalue weighted by molar-refractivity contribution is 7.14. The van der Waals surface area contributed by atoms with Crippen molar-refractivity contribution < 1.29 is 14.3 Å². The molecule has 5 nitrogen and oxygen atoms in total. The molecule has 0 spiro atoms. The standard InChI is InChI=1S/C29H28N2O3S/c1-2-3-19-33-25-16-12-24(13-17-25)27-21-35-29(30-27)31-28(32)18-11-22-9-14-26(15-10-22)34-20-23-7-5-4-6-8-23/h4-18,21H,2-3,19-20H2,1H3,(H,30,31,32). The van der Waals surface area contributed by atoms with Gasteiger partial charge in [0.05, 0.1) is 12.3 Å². The number of anilines is 1. The van der Waals surface area contributed by atoms with Crippen molar-refractivity contribution in [2.24, 2.45) is 0 Å². The molecule has 4 aromatic rings. The Bertz CT molecular complexity index is 1230. The van der Waals surface area contributed by atoms with Crippen molar-refractivity contribution in [3.63, 3.8) is 0 Å². The van der Waals surface area contributed by atoms with E-state index in [1.54, 1.807) is 6.08 Å². The molecule has 0 aliphatic rings. The third-order valence-corrected chi connectivity index (χ3v) is 5.96. The number of carbonyl (C=O) groups excluding carboxylic acids is 1. The van der Waals surface area contributed by atoms with E-state index in [2.05, 4.69) is 17.2 Å². The van der Waals surface area contributed by atoms with Gasteiger partial charge in [-0.05, 0) is 60.0 Å².